The number of carbonyl (C=O) groups is 2. The topological polar surface area (TPSA) is 80.3 Å². The lowest BCUT2D eigenvalue weighted by Crippen LogP contribution is -2.11. The highest BCUT2D eigenvalue weighted by atomic mass is 79.9. The van der Waals surface area contributed by atoms with Crippen molar-refractivity contribution >= 4 is 27.9 Å². The number of hydrogen-bond acceptors (Lipinski definition) is 7. The molecule has 0 amide bonds. The van der Waals surface area contributed by atoms with Gasteiger partial charge in [-0.25, -0.2) is 9.59 Å². The summed E-state index contributed by atoms with van der Waals surface area (Å²) in [5.41, 5.74) is 0.581. The summed E-state index contributed by atoms with van der Waals surface area (Å²) in [6.45, 7) is 2.39. The molecule has 0 heterocycles. The van der Waals surface area contributed by atoms with E-state index in [0.717, 1.165) is 12.8 Å². The van der Waals surface area contributed by atoms with Crippen molar-refractivity contribution in [2.75, 3.05) is 27.9 Å². The number of esters is 2. The Kier molecular flexibility index (Phi) is 8.33. The smallest absolute Gasteiger partial charge is 0.344 e. The maximum Gasteiger partial charge on any atom is 0.344 e. The van der Waals surface area contributed by atoms with Gasteiger partial charge in [-0.1, -0.05) is 13.3 Å². The molecule has 0 unspecified atom stereocenters. The number of carbonyl (C=O) groups excluding carboxylic acids is 2. The molecule has 0 spiro atoms. The van der Waals surface area contributed by atoms with Crippen molar-refractivity contribution in [2.24, 2.45) is 0 Å². The standard InChI is InChI=1S/C21H23BrO7/c1-5-6-11-28-20(23)13-7-9-14(10-8-13)29-21(24)15-12-16(25-2)18(26-3)19(27-4)17(15)22/h7-10,12H,5-6,11H2,1-4H3. The molecule has 0 bridgehead atoms. The molecule has 7 nitrogen and oxygen atoms in total. The van der Waals surface area contributed by atoms with Gasteiger partial charge in [-0.3, -0.25) is 0 Å². The van der Waals surface area contributed by atoms with E-state index in [1.165, 1.54) is 39.5 Å². The molecule has 0 aromatic heterocycles. The summed E-state index contributed by atoms with van der Waals surface area (Å²) in [6, 6.07) is 7.63. The Balaban J connectivity index is 2.19. The molecule has 2 rings (SSSR count). The number of methoxy groups -OCH3 is 3. The van der Waals surface area contributed by atoms with Gasteiger partial charge in [0.15, 0.2) is 11.5 Å². The van der Waals surface area contributed by atoms with Crippen LogP contribution in [0.3, 0.4) is 0 Å². The van der Waals surface area contributed by atoms with Gasteiger partial charge in [0.1, 0.15) is 5.75 Å². The van der Waals surface area contributed by atoms with E-state index >= 15 is 0 Å². The Morgan fingerprint density at radius 2 is 1.59 bits per heavy atom. The van der Waals surface area contributed by atoms with Crippen molar-refractivity contribution in [3.05, 3.63) is 45.9 Å². The van der Waals surface area contributed by atoms with Crippen LogP contribution in [0.1, 0.15) is 40.5 Å². The van der Waals surface area contributed by atoms with Crippen molar-refractivity contribution in [3.8, 4) is 23.0 Å². The van der Waals surface area contributed by atoms with Crippen molar-refractivity contribution in [2.45, 2.75) is 19.8 Å². The zero-order valence-corrected chi connectivity index (χ0v) is 18.3. The van der Waals surface area contributed by atoms with Crippen LogP contribution in [0.15, 0.2) is 34.8 Å². The van der Waals surface area contributed by atoms with E-state index in [9.17, 15) is 9.59 Å². The first-order chi connectivity index (χ1) is 14.0. The molecule has 0 radical (unpaired) electrons. The Morgan fingerprint density at radius 3 is 2.14 bits per heavy atom. The SMILES string of the molecule is CCCCOC(=O)c1ccc(OC(=O)c2cc(OC)c(OC)c(OC)c2Br)cc1. The maximum absolute atomic E-state index is 12.7. The molecule has 0 saturated heterocycles. The quantitative estimate of drug-likeness (QED) is 0.302. The summed E-state index contributed by atoms with van der Waals surface area (Å²) >= 11 is 3.35. The Bertz CT molecular complexity index is 862. The molecule has 156 valence electrons. The van der Waals surface area contributed by atoms with E-state index < -0.39 is 11.9 Å². The summed E-state index contributed by atoms with van der Waals surface area (Å²) in [5, 5.41) is 0. The minimum Gasteiger partial charge on any atom is -0.493 e. The normalized spacial score (nSPS) is 10.2. The minimum absolute atomic E-state index is 0.197. The van der Waals surface area contributed by atoms with Gasteiger partial charge in [0.2, 0.25) is 5.75 Å². The average Bonchev–Trinajstić information content (AvgIpc) is 2.73. The zero-order chi connectivity index (χ0) is 21.4. The van der Waals surface area contributed by atoms with Crippen LogP contribution < -0.4 is 18.9 Å². The second kappa shape index (κ2) is 10.7. The van der Waals surface area contributed by atoms with Gasteiger partial charge < -0.3 is 23.7 Å². The Morgan fingerprint density at radius 1 is 0.931 bits per heavy atom. The molecule has 0 N–H and O–H groups in total. The Labute approximate surface area is 178 Å². The fourth-order valence-electron chi connectivity index (χ4n) is 2.48. The van der Waals surface area contributed by atoms with Crippen molar-refractivity contribution < 1.29 is 33.3 Å². The molecule has 8 heteroatoms. The second-order valence-corrected chi connectivity index (χ2v) is 6.70. The summed E-state index contributed by atoms with van der Waals surface area (Å²) in [4.78, 5) is 24.6. The number of rotatable bonds is 9. The van der Waals surface area contributed by atoms with E-state index in [-0.39, 0.29) is 11.3 Å². The fourth-order valence-corrected chi connectivity index (χ4v) is 3.10. The molecule has 0 atom stereocenters. The summed E-state index contributed by atoms with van der Waals surface area (Å²) in [6.07, 6.45) is 1.75. The van der Waals surface area contributed by atoms with Crippen LogP contribution in [0.2, 0.25) is 0 Å². The predicted molar refractivity (Wildman–Crippen MR) is 110 cm³/mol. The first kappa shape index (κ1) is 22.5. The van der Waals surface area contributed by atoms with Gasteiger partial charge >= 0.3 is 11.9 Å². The molecule has 0 fully saturated rings. The van der Waals surface area contributed by atoms with Crippen molar-refractivity contribution in [3.63, 3.8) is 0 Å². The summed E-state index contributed by atoms with van der Waals surface area (Å²) in [7, 11) is 4.38. The first-order valence-corrected chi connectivity index (χ1v) is 9.73. The number of halogens is 1. The van der Waals surface area contributed by atoms with E-state index in [1.807, 2.05) is 6.92 Å². The lowest BCUT2D eigenvalue weighted by atomic mass is 10.1. The van der Waals surface area contributed by atoms with Crippen LogP contribution in [0.4, 0.5) is 0 Å². The van der Waals surface area contributed by atoms with Gasteiger partial charge in [0.05, 0.1) is 43.5 Å². The van der Waals surface area contributed by atoms with Crippen LogP contribution in [0.5, 0.6) is 23.0 Å². The fraction of sp³-hybridized carbons (Fsp3) is 0.333. The number of unbranched alkanes of at least 4 members (excludes halogenated alkanes) is 1. The van der Waals surface area contributed by atoms with Gasteiger partial charge in [0.25, 0.3) is 0 Å². The molecule has 29 heavy (non-hydrogen) atoms. The highest BCUT2D eigenvalue weighted by Crippen LogP contribution is 2.44. The van der Waals surface area contributed by atoms with Crippen LogP contribution >= 0.6 is 15.9 Å². The molecule has 0 saturated carbocycles. The van der Waals surface area contributed by atoms with E-state index in [0.29, 0.717) is 33.9 Å². The lowest BCUT2D eigenvalue weighted by molar-refractivity contribution is 0.0499. The van der Waals surface area contributed by atoms with Gasteiger partial charge in [-0.2, -0.15) is 0 Å². The number of benzene rings is 2. The third-order valence-corrected chi connectivity index (χ3v) is 4.81. The average molecular weight is 467 g/mol. The van der Waals surface area contributed by atoms with Crippen LogP contribution in [0, 0.1) is 0 Å². The van der Waals surface area contributed by atoms with Gasteiger partial charge in [-0.15, -0.1) is 0 Å². The molecule has 2 aromatic carbocycles. The molecular formula is C21H23BrO7. The third kappa shape index (κ3) is 5.41. The van der Waals surface area contributed by atoms with E-state index in [4.69, 9.17) is 23.7 Å². The van der Waals surface area contributed by atoms with Gasteiger partial charge in [0, 0.05) is 0 Å². The molecule has 2 aromatic rings. The third-order valence-electron chi connectivity index (χ3n) is 4.02. The minimum atomic E-state index is -0.630. The summed E-state index contributed by atoms with van der Waals surface area (Å²) in [5.74, 6) is 0.219. The van der Waals surface area contributed by atoms with Crippen LogP contribution in [-0.4, -0.2) is 39.9 Å². The molecule has 0 aliphatic rings. The van der Waals surface area contributed by atoms with Crippen LogP contribution in [-0.2, 0) is 4.74 Å². The molecule has 0 aliphatic heterocycles. The highest BCUT2D eigenvalue weighted by Gasteiger charge is 2.24. The Hall–Kier alpha value is -2.74. The van der Waals surface area contributed by atoms with Crippen LogP contribution in [0.25, 0.3) is 0 Å². The summed E-state index contributed by atoms with van der Waals surface area (Å²) < 4.78 is 26.8. The second-order valence-electron chi connectivity index (χ2n) is 5.91. The van der Waals surface area contributed by atoms with Gasteiger partial charge in [-0.05, 0) is 52.7 Å². The van der Waals surface area contributed by atoms with Crippen molar-refractivity contribution in [1.82, 2.24) is 0 Å². The number of hydrogen-bond donors (Lipinski definition) is 0. The largest absolute Gasteiger partial charge is 0.493 e. The zero-order valence-electron chi connectivity index (χ0n) is 16.7. The monoisotopic (exact) mass is 466 g/mol. The van der Waals surface area contributed by atoms with Crippen molar-refractivity contribution in [1.29, 1.82) is 0 Å². The highest BCUT2D eigenvalue weighted by molar-refractivity contribution is 9.10. The van der Waals surface area contributed by atoms with E-state index in [2.05, 4.69) is 15.9 Å². The molecular weight excluding hydrogens is 444 g/mol. The van der Waals surface area contributed by atoms with E-state index in [1.54, 1.807) is 12.1 Å². The lowest BCUT2D eigenvalue weighted by Gasteiger charge is -2.16. The predicted octanol–water partition coefficient (Wildman–Crippen LogP) is 4.65. The number of ether oxygens (including phenoxy) is 5. The maximum atomic E-state index is 12.7. The first-order valence-electron chi connectivity index (χ1n) is 8.94. The molecule has 0 aliphatic carbocycles.